The topological polar surface area (TPSA) is 104 Å². The van der Waals surface area contributed by atoms with Gasteiger partial charge in [0.25, 0.3) is 5.91 Å². The largest absolute Gasteiger partial charge is 0.506 e. The van der Waals surface area contributed by atoms with E-state index in [0.29, 0.717) is 40.5 Å². The number of imidazole rings is 1. The molecule has 4 N–H and O–H groups in total. The van der Waals surface area contributed by atoms with E-state index in [1.54, 1.807) is 41.0 Å². The zero-order chi connectivity index (χ0) is 27.7. The van der Waals surface area contributed by atoms with Crippen LogP contribution >= 0.6 is 0 Å². The summed E-state index contributed by atoms with van der Waals surface area (Å²) in [7, 11) is 0. The van der Waals surface area contributed by atoms with Crippen molar-refractivity contribution in [1.82, 2.24) is 19.9 Å². The fraction of sp³-hybridized carbons (Fsp3) is 0.321. The second-order valence-corrected chi connectivity index (χ2v) is 9.68. The van der Waals surface area contributed by atoms with Gasteiger partial charge in [-0.2, -0.15) is 13.2 Å². The second-order valence-electron chi connectivity index (χ2n) is 9.68. The maximum Gasteiger partial charge on any atom is 0.390 e. The van der Waals surface area contributed by atoms with Crippen molar-refractivity contribution in [3.05, 3.63) is 65.4 Å². The number of aromatic hydroxyl groups is 1. The normalized spacial score (nSPS) is 13.5. The van der Waals surface area contributed by atoms with Crippen LogP contribution in [0.25, 0.3) is 16.9 Å². The molecule has 8 nitrogen and oxygen atoms in total. The van der Waals surface area contributed by atoms with Gasteiger partial charge in [0.15, 0.2) is 11.5 Å². The van der Waals surface area contributed by atoms with Crippen LogP contribution in [0, 0.1) is 6.92 Å². The zero-order valence-electron chi connectivity index (χ0n) is 21.6. The number of phenols is 1. The average Bonchev–Trinajstić information content (AvgIpc) is 3.59. The molecule has 0 saturated heterocycles. The molecule has 1 amide bonds. The number of rotatable bonds is 9. The molecule has 4 aromatic rings. The maximum absolute atomic E-state index is 12.9. The fourth-order valence-corrected chi connectivity index (χ4v) is 4.42. The second kappa shape index (κ2) is 10.5. The first-order chi connectivity index (χ1) is 18.6. The van der Waals surface area contributed by atoms with Gasteiger partial charge in [-0.15, -0.1) is 5.10 Å². The van der Waals surface area contributed by atoms with E-state index in [0.717, 1.165) is 29.5 Å². The number of aromatic nitrogens is 3. The molecule has 1 aliphatic carbocycles. The van der Waals surface area contributed by atoms with Crippen molar-refractivity contribution in [3.63, 3.8) is 0 Å². The Morgan fingerprint density at radius 2 is 1.97 bits per heavy atom. The van der Waals surface area contributed by atoms with Crippen molar-refractivity contribution in [2.24, 2.45) is 0 Å². The van der Waals surface area contributed by atoms with Crippen molar-refractivity contribution in [2.75, 3.05) is 17.2 Å². The van der Waals surface area contributed by atoms with Crippen LogP contribution in [0.5, 0.6) is 5.75 Å². The summed E-state index contributed by atoms with van der Waals surface area (Å²) in [5.41, 5.74) is 4.72. The molecule has 0 spiro atoms. The molecule has 204 valence electrons. The van der Waals surface area contributed by atoms with E-state index in [1.807, 2.05) is 26.0 Å². The van der Waals surface area contributed by atoms with Crippen LogP contribution in [0.15, 0.2) is 48.7 Å². The van der Waals surface area contributed by atoms with Gasteiger partial charge in [-0.1, -0.05) is 25.1 Å². The first-order valence-electron chi connectivity index (χ1n) is 12.8. The van der Waals surface area contributed by atoms with E-state index in [-0.39, 0.29) is 24.2 Å². The minimum atomic E-state index is -4.31. The summed E-state index contributed by atoms with van der Waals surface area (Å²) >= 11 is 0. The van der Waals surface area contributed by atoms with E-state index >= 15 is 0 Å². The molecular weight excluding hydrogens is 509 g/mol. The van der Waals surface area contributed by atoms with Crippen LogP contribution in [-0.2, 0) is 6.42 Å². The van der Waals surface area contributed by atoms with Crippen LogP contribution in [0.3, 0.4) is 0 Å². The number of benzene rings is 2. The van der Waals surface area contributed by atoms with Crippen molar-refractivity contribution >= 4 is 28.7 Å². The minimum Gasteiger partial charge on any atom is -0.506 e. The van der Waals surface area contributed by atoms with E-state index in [2.05, 4.69) is 26.0 Å². The van der Waals surface area contributed by atoms with Gasteiger partial charge in [0.2, 0.25) is 0 Å². The Bertz CT molecular complexity index is 1530. The number of alkyl halides is 3. The molecule has 1 fully saturated rings. The van der Waals surface area contributed by atoms with Crippen LogP contribution in [-0.4, -0.2) is 44.4 Å². The Labute approximate surface area is 223 Å². The molecule has 2 heterocycles. The highest BCUT2D eigenvalue weighted by Gasteiger charge is 2.27. The predicted octanol–water partition coefficient (Wildman–Crippen LogP) is 5.97. The molecule has 0 bridgehead atoms. The smallest absolute Gasteiger partial charge is 0.390 e. The maximum atomic E-state index is 12.9. The highest BCUT2D eigenvalue weighted by molar-refractivity contribution is 5.96. The monoisotopic (exact) mass is 538 g/mol. The number of hydrogen-bond donors (Lipinski definition) is 4. The summed E-state index contributed by atoms with van der Waals surface area (Å²) in [6.07, 6.45) is -1.10. The first-order valence-corrected chi connectivity index (χ1v) is 12.8. The number of fused-ring (bicyclic) bond motifs is 1. The van der Waals surface area contributed by atoms with Crippen LogP contribution < -0.4 is 16.0 Å². The van der Waals surface area contributed by atoms with E-state index in [9.17, 15) is 23.1 Å². The van der Waals surface area contributed by atoms with E-state index in [1.165, 1.54) is 0 Å². The number of amides is 1. The number of nitrogens with one attached hydrogen (secondary N) is 3. The van der Waals surface area contributed by atoms with Gasteiger partial charge in [-0.05, 0) is 55.5 Å². The lowest BCUT2D eigenvalue weighted by atomic mass is 10.0. The summed E-state index contributed by atoms with van der Waals surface area (Å²) in [4.78, 5) is 17.0. The third-order valence-corrected chi connectivity index (χ3v) is 6.63. The molecule has 0 atom stereocenters. The van der Waals surface area contributed by atoms with E-state index < -0.39 is 12.6 Å². The molecule has 2 aromatic heterocycles. The number of carbonyl (C=O) groups is 1. The van der Waals surface area contributed by atoms with Gasteiger partial charge in [-0.25, -0.2) is 9.50 Å². The predicted molar refractivity (Wildman–Crippen MR) is 144 cm³/mol. The Kier molecular flexibility index (Phi) is 7.07. The van der Waals surface area contributed by atoms with Gasteiger partial charge in [0, 0.05) is 29.8 Å². The van der Waals surface area contributed by atoms with Crippen molar-refractivity contribution in [3.8, 4) is 17.0 Å². The zero-order valence-corrected chi connectivity index (χ0v) is 21.6. The number of nitrogens with zero attached hydrogens (tertiary/aromatic N) is 3. The summed E-state index contributed by atoms with van der Waals surface area (Å²) in [6, 6.07) is 12.4. The highest BCUT2D eigenvalue weighted by atomic mass is 19.4. The SMILES string of the molecule is CCc1cccc(O)c1Nc1cc(NCCC(F)(F)F)c2ncc(-c3ccc(C(=O)NC4CC4)c(C)c3)n2n1. The summed E-state index contributed by atoms with van der Waals surface area (Å²) < 4.78 is 40.1. The van der Waals surface area contributed by atoms with Crippen molar-refractivity contribution < 1.29 is 23.1 Å². The molecule has 2 aromatic carbocycles. The molecule has 11 heteroatoms. The van der Waals surface area contributed by atoms with Gasteiger partial charge in [-0.3, -0.25) is 4.79 Å². The third-order valence-electron chi connectivity index (χ3n) is 6.63. The number of carbonyl (C=O) groups excluding carboxylic acids is 1. The number of halogens is 3. The number of phenolic OH excluding ortho intramolecular Hbond substituents is 1. The van der Waals surface area contributed by atoms with Gasteiger partial charge >= 0.3 is 6.18 Å². The standard InChI is InChI=1S/C28H29F3N6O2/c1-3-17-5-4-6-23(38)25(17)35-24-14-21(32-12-11-28(29,30)31)26-33-15-22(37(26)36-24)18-7-10-20(16(2)13-18)27(39)34-19-8-9-19/h4-7,10,13-15,19,32,38H,3,8-9,11-12H2,1-2H3,(H,34,39)(H,35,36). The average molecular weight is 539 g/mol. The van der Waals surface area contributed by atoms with Crippen LogP contribution in [0.1, 0.15) is 47.7 Å². The number of para-hydroxylation sites is 1. The Hall–Kier alpha value is -4.28. The van der Waals surface area contributed by atoms with Gasteiger partial charge < -0.3 is 21.1 Å². The Balaban J connectivity index is 1.54. The van der Waals surface area contributed by atoms with Crippen LogP contribution in [0.2, 0.25) is 0 Å². The molecule has 0 aliphatic heterocycles. The Morgan fingerprint density at radius 3 is 2.67 bits per heavy atom. The number of anilines is 3. The van der Waals surface area contributed by atoms with Gasteiger partial charge in [0.1, 0.15) is 5.75 Å². The molecule has 1 aliphatic rings. The van der Waals surface area contributed by atoms with E-state index in [4.69, 9.17) is 0 Å². The third kappa shape index (κ3) is 5.92. The molecule has 0 radical (unpaired) electrons. The first kappa shape index (κ1) is 26.3. The van der Waals surface area contributed by atoms with Crippen molar-refractivity contribution in [2.45, 2.75) is 51.7 Å². The summed E-state index contributed by atoms with van der Waals surface area (Å²) in [5, 5.41) is 24.1. The summed E-state index contributed by atoms with van der Waals surface area (Å²) in [6.45, 7) is 3.46. The molecule has 0 unspecified atom stereocenters. The van der Waals surface area contributed by atoms with Gasteiger partial charge in [0.05, 0.1) is 29.7 Å². The molecule has 1 saturated carbocycles. The number of hydrogen-bond acceptors (Lipinski definition) is 6. The summed E-state index contributed by atoms with van der Waals surface area (Å²) in [5.74, 6) is 0.226. The lowest BCUT2D eigenvalue weighted by Crippen LogP contribution is -2.26. The van der Waals surface area contributed by atoms with Crippen LogP contribution in [0.4, 0.5) is 30.4 Å². The van der Waals surface area contributed by atoms with Crippen molar-refractivity contribution in [1.29, 1.82) is 0 Å². The lowest BCUT2D eigenvalue weighted by Gasteiger charge is -2.15. The minimum absolute atomic E-state index is 0.0318. The number of aryl methyl sites for hydroxylation is 2. The highest BCUT2D eigenvalue weighted by Crippen LogP contribution is 2.33. The molecular formula is C28H29F3N6O2. The molecule has 39 heavy (non-hydrogen) atoms. The quantitative estimate of drug-likeness (QED) is 0.196. The fourth-order valence-electron chi connectivity index (χ4n) is 4.42. The Morgan fingerprint density at radius 1 is 1.18 bits per heavy atom. The molecule has 5 rings (SSSR count). The lowest BCUT2D eigenvalue weighted by molar-refractivity contribution is -0.131.